The first kappa shape index (κ1) is 16.6. The Labute approximate surface area is 124 Å². The van der Waals surface area contributed by atoms with E-state index in [1.807, 2.05) is 5.32 Å². The number of carboxylic acid groups (broad SMARTS) is 2. The predicted octanol–water partition coefficient (Wildman–Crippen LogP) is 1.40. The molecule has 1 rings (SSSR count). The summed E-state index contributed by atoms with van der Waals surface area (Å²) < 4.78 is 5.01. The number of ether oxygens (including phenoxy) is 1. The molecule has 0 spiro atoms. The lowest BCUT2D eigenvalue weighted by atomic mass is 10.2. The van der Waals surface area contributed by atoms with Crippen LogP contribution in [0.25, 0.3) is 0 Å². The van der Waals surface area contributed by atoms with Crippen LogP contribution in [0.2, 0.25) is 5.02 Å². The van der Waals surface area contributed by atoms with Gasteiger partial charge in [0.15, 0.2) is 0 Å². The highest BCUT2D eigenvalue weighted by Gasteiger charge is 2.23. The van der Waals surface area contributed by atoms with Gasteiger partial charge in [-0.3, -0.25) is 4.79 Å². The summed E-state index contributed by atoms with van der Waals surface area (Å²) in [6, 6.07) is 2.04. The van der Waals surface area contributed by atoms with Crippen molar-refractivity contribution in [2.75, 3.05) is 12.4 Å². The highest BCUT2D eigenvalue weighted by molar-refractivity contribution is 6.31. The predicted molar refractivity (Wildman–Crippen MR) is 73.8 cm³/mol. The van der Waals surface area contributed by atoms with E-state index in [2.05, 4.69) is 5.32 Å². The fourth-order valence-corrected chi connectivity index (χ4v) is 1.64. The van der Waals surface area contributed by atoms with Gasteiger partial charge in [0, 0.05) is 5.02 Å². The second-order valence-electron chi connectivity index (χ2n) is 3.93. The summed E-state index contributed by atoms with van der Waals surface area (Å²) in [5.41, 5.74) is 0.224. The molecule has 0 radical (unpaired) electrons. The number of hydrogen-bond donors (Lipinski definition) is 4. The Morgan fingerprint density at radius 3 is 2.52 bits per heavy atom. The molecule has 4 N–H and O–H groups in total. The molecule has 0 unspecified atom stereocenters. The number of methoxy groups -OCH3 is 1. The number of nitrogens with one attached hydrogen (secondary N) is 2. The SMILES string of the molecule is COc1ccc(Cl)cc1NC(=O)N[C@@H](CC(=O)O)C(=O)O. The van der Waals surface area contributed by atoms with Crippen molar-refractivity contribution in [1.29, 1.82) is 0 Å². The van der Waals surface area contributed by atoms with Gasteiger partial charge in [-0.05, 0) is 18.2 Å². The molecule has 21 heavy (non-hydrogen) atoms. The first-order valence-corrected chi connectivity index (χ1v) is 6.07. The Bertz CT molecular complexity index is 563. The monoisotopic (exact) mass is 316 g/mol. The summed E-state index contributed by atoms with van der Waals surface area (Å²) in [5.74, 6) is -2.48. The number of halogens is 1. The van der Waals surface area contributed by atoms with E-state index in [0.717, 1.165) is 0 Å². The molecule has 0 fully saturated rings. The van der Waals surface area contributed by atoms with E-state index in [1.165, 1.54) is 19.2 Å². The summed E-state index contributed by atoms with van der Waals surface area (Å²) >= 11 is 5.78. The number of hydrogen-bond acceptors (Lipinski definition) is 4. The van der Waals surface area contributed by atoms with E-state index in [-0.39, 0.29) is 5.69 Å². The third-order valence-electron chi connectivity index (χ3n) is 2.39. The average Bonchev–Trinajstić information content (AvgIpc) is 2.37. The molecule has 0 saturated heterocycles. The van der Waals surface area contributed by atoms with Crippen LogP contribution in [-0.4, -0.2) is 41.3 Å². The number of rotatable bonds is 6. The third kappa shape index (κ3) is 5.19. The van der Waals surface area contributed by atoms with Crippen molar-refractivity contribution in [3.63, 3.8) is 0 Å². The van der Waals surface area contributed by atoms with E-state index in [0.29, 0.717) is 10.8 Å². The van der Waals surface area contributed by atoms with Crippen molar-refractivity contribution in [2.24, 2.45) is 0 Å². The lowest BCUT2D eigenvalue weighted by molar-refractivity contribution is -0.145. The van der Waals surface area contributed by atoms with Gasteiger partial charge in [-0.1, -0.05) is 11.6 Å². The Morgan fingerprint density at radius 1 is 1.33 bits per heavy atom. The number of anilines is 1. The number of carbonyl (C=O) groups excluding carboxylic acids is 1. The smallest absolute Gasteiger partial charge is 0.326 e. The van der Waals surface area contributed by atoms with E-state index < -0.39 is 30.4 Å². The van der Waals surface area contributed by atoms with E-state index >= 15 is 0 Å². The highest BCUT2D eigenvalue weighted by Crippen LogP contribution is 2.27. The fraction of sp³-hybridized carbons (Fsp3) is 0.250. The lowest BCUT2D eigenvalue weighted by Gasteiger charge is -2.15. The van der Waals surface area contributed by atoms with Gasteiger partial charge < -0.3 is 25.6 Å². The molecule has 0 aliphatic rings. The number of carbonyl (C=O) groups is 3. The van der Waals surface area contributed by atoms with Gasteiger partial charge in [0.25, 0.3) is 0 Å². The van der Waals surface area contributed by atoms with Gasteiger partial charge >= 0.3 is 18.0 Å². The zero-order valence-corrected chi connectivity index (χ0v) is 11.7. The second kappa shape index (κ2) is 7.34. The van der Waals surface area contributed by atoms with Crippen molar-refractivity contribution in [2.45, 2.75) is 12.5 Å². The third-order valence-corrected chi connectivity index (χ3v) is 2.63. The van der Waals surface area contributed by atoms with Gasteiger partial charge in [0.1, 0.15) is 11.8 Å². The first-order chi connectivity index (χ1) is 9.83. The minimum absolute atomic E-state index is 0.224. The van der Waals surface area contributed by atoms with E-state index in [9.17, 15) is 14.4 Å². The number of urea groups is 1. The summed E-state index contributed by atoms with van der Waals surface area (Å²) in [5, 5.41) is 22.1. The van der Waals surface area contributed by atoms with Crippen molar-refractivity contribution in [3.05, 3.63) is 23.2 Å². The molecular weight excluding hydrogens is 304 g/mol. The van der Waals surface area contributed by atoms with Crippen LogP contribution < -0.4 is 15.4 Å². The van der Waals surface area contributed by atoms with Gasteiger partial charge in [0.05, 0.1) is 19.2 Å². The molecule has 0 aromatic heterocycles. The van der Waals surface area contributed by atoms with Crippen molar-refractivity contribution in [1.82, 2.24) is 5.32 Å². The Morgan fingerprint density at radius 2 is 2.00 bits per heavy atom. The van der Waals surface area contributed by atoms with Crippen LogP contribution in [-0.2, 0) is 9.59 Å². The molecule has 0 aliphatic carbocycles. The van der Waals surface area contributed by atoms with Crippen LogP contribution in [0.3, 0.4) is 0 Å². The Balaban J connectivity index is 2.78. The van der Waals surface area contributed by atoms with Crippen LogP contribution >= 0.6 is 11.6 Å². The average molecular weight is 317 g/mol. The normalized spacial score (nSPS) is 11.3. The van der Waals surface area contributed by atoms with E-state index in [1.54, 1.807) is 6.07 Å². The van der Waals surface area contributed by atoms with Gasteiger partial charge in [-0.15, -0.1) is 0 Å². The Hall–Kier alpha value is -2.48. The summed E-state index contributed by atoms with van der Waals surface area (Å²) in [7, 11) is 1.39. The maximum Gasteiger partial charge on any atom is 0.326 e. The second-order valence-corrected chi connectivity index (χ2v) is 4.37. The molecule has 1 aromatic rings. The first-order valence-electron chi connectivity index (χ1n) is 5.69. The van der Waals surface area contributed by atoms with Crippen LogP contribution in [0.15, 0.2) is 18.2 Å². The molecule has 8 nitrogen and oxygen atoms in total. The molecule has 0 heterocycles. The van der Waals surface area contributed by atoms with Crippen molar-refractivity contribution < 1.29 is 29.3 Å². The maximum atomic E-state index is 11.7. The number of carboxylic acids is 2. The van der Waals surface area contributed by atoms with Gasteiger partial charge in [-0.25, -0.2) is 9.59 Å². The largest absolute Gasteiger partial charge is 0.495 e. The van der Waals surface area contributed by atoms with Crippen LogP contribution in [0.1, 0.15) is 6.42 Å². The van der Waals surface area contributed by atoms with E-state index in [4.69, 9.17) is 26.6 Å². The standard InChI is InChI=1S/C12H13ClN2O6/c1-21-9-3-2-6(13)4-7(9)14-12(20)15-8(11(18)19)5-10(16)17/h2-4,8H,5H2,1H3,(H,16,17)(H,18,19)(H2,14,15,20)/t8-/m0/s1. The quantitative estimate of drug-likeness (QED) is 0.628. The molecule has 0 aliphatic heterocycles. The van der Waals surface area contributed by atoms with Crippen LogP contribution in [0.4, 0.5) is 10.5 Å². The molecule has 9 heteroatoms. The zero-order chi connectivity index (χ0) is 16.0. The lowest BCUT2D eigenvalue weighted by Crippen LogP contribution is -2.44. The summed E-state index contributed by atoms with van der Waals surface area (Å²) in [4.78, 5) is 33.1. The maximum absolute atomic E-state index is 11.7. The molecule has 1 atom stereocenters. The number of benzene rings is 1. The number of aliphatic carboxylic acids is 2. The van der Waals surface area contributed by atoms with Gasteiger partial charge in [0.2, 0.25) is 0 Å². The molecule has 0 saturated carbocycles. The summed E-state index contributed by atoms with van der Waals surface area (Å²) in [6.45, 7) is 0. The summed E-state index contributed by atoms with van der Waals surface area (Å²) in [6.07, 6.45) is -0.741. The Kier molecular flexibility index (Phi) is 5.79. The fourth-order valence-electron chi connectivity index (χ4n) is 1.47. The highest BCUT2D eigenvalue weighted by atomic mass is 35.5. The number of amides is 2. The van der Waals surface area contributed by atoms with Crippen LogP contribution in [0.5, 0.6) is 5.75 Å². The zero-order valence-electron chi connectivity index (χ0n) is 10.9. The minimum atomic E-state index is -1.55. The topological polar surface area (TPSA) is 125 Å². The van der Waals surface area contributed by atoms with Crippen molar-refractivity contribution >= 4 is 35.3 Å². The molecule has 0 bridgehead atoms. The van der Waals surface area contributed by atoms with Crippen molar-refractivity contribution in [3.8, 4) is 5.75 Å². The molecule has 1 aromatic carbocycles. The van der Waals surface area contributed by atoms with Gasteiger partial charge in [-0.2, -0.15) is 0 Å². The molecular formula is C12H13ClN2O6. The van der Waals surface area contributed by atoms with Crippen LogP contribution in [0, 0.1) is 0 Å². The minimum Gasteiger partial charge on any atom is -0.495 e. The molecule has 114 valence electrons. The molecule has 2 amide bonds.